The van der Waals surface area contributed by atoms with E-state index in [2.05, 4.69) is 5.32 Å². The van der Waals surface area contributed by atoms with Gasteiger partial charge in [-0.15, -0.1) is 0 Å². The number of furan rings is 1. The third-order valence-corrected chi connectivity index (χ3v) is 2.65. The molecule has 0 aliphatic heterocycles. The highest BCUT2D eigenvalue weighted by Crippen LogP contribution is 2.22. The summed E-state index contributed by atoms with van der Waals surface area (Å²) in [6.45, 7) is 1.69. The van der Waals surface area contributed by atoms with Crippen molar-refractivity contribution in [2.45, 2.75) is 13.0 Å². The van der Waals surface area contributed by atoms with Crippen LogP contribution < -0.4 is 5.32 Å². The molecule has 1 N–H and O–H groups in total. The average molecular weight is 221 g/mol. The molecule has 0 unspecified atom stereocenters. The lowest BCUT2D eigenvalue weighted by Crippen LogP contribution is -2.31. The second-order valence-electron chi connectivity index (χ2n) is 3.64. The van der Waals surface area contributed by atoms with Crippen LogP contribution in [0.3, 0.4) is 0 Å². The number of rotatable bonds is 3. The van der Waals surface area contributed by atoms with E-state index in [-0.39, 0.29) is 16.9 Å². The number of ketones is 1. The van der Waals surface area contributed by atoms with Crippen molar-refractivity contribution in [3.05, 3.63) is 35.8 Å². The molecule has 0 aliphatic carbocycles. The third kappa shape index (κ3) is 1.61. The molecule has 0 bridgehead atoms. The number of fused-ring (bicyclic) bond motifs is 1. The molecule has 2 aromatic rings. The van der Waals surface area contributed by atoms with Crippen LogP contribution in [0.5, 0.6) is 0 Å². The summed E-state index contributed by atoms with van der Waals surface area (Å²) in [4.78, 5) is 11.8. The fourth-order valence-corrected chi connectivity index (χ4v) is 1.55. The predicted octanol–water partition coefficient (Wildman–Crippen LogP) is 2.36. The van der Waals surface area contributed by atoms with Crippen molar-refractivity contribution in [2.75, 3.05) is 7.05 Å². The lowest BCUT2D eigenvalue weighted by atomic mass is 10.0. The number of hydrogen-bond donors (Lipinski definition) is 1. The molecule has 1 heterocycles. The second kappa shape index (κ2) is 4.06. The minimum atomic E-state index is -0.588. The van der Waals surface area contributed by atoms with Gasteiger partial charge in [-0.2, -0.15) is 0 Å². The maximum Gasteiger partial charge on any atom is 0.182 e. The summed E-state index contributed by atoms with van der Waals surface area (Å²) < 4.78 is 18.9. The number of benzene rings is 1. The summed E-state index contributed by atoms with van der Waals surface area (Å²) in [6.07, 6.45) is 1.41. The highest BCUT2D eigenvalue weighted by atomic mass is 19.1. The summed E-state index contributed by atoms with van der Waals surface area (Å²) in [5.41, 5.74) is 0.193. The van der Waals surface area contributed by atoms with Gasteiger partial charge < -0.3 is 9.73 Å². The van der Waals surface area contributed by atoms with E-state index in [0.717, 1.165) is 0 Å². The topological polar surface area (TPSA) is 42.2 Å². The molecule has 0 saturated carbocycles. The normalized spacial score (nSPS) is 12.9. The Hall–Kier alpha value is -1.68. The fraction of sp³-hybridized carbons (Fsp3) is 0.250. The number of likely N-dealkylation sites (N-methyl/N-ethyl adjacent to an activating group) is 1. The minimum Gasteiger partial charge on any atom is -0.461 e. The van der Waals surface area contributed by atoms with E-state index >= 15 is 0 Å². The summed E-state index contributed by atoms with van der Waals surface area (Å²) in [6, 6.07) is 4.41. The standard InChI is InChI=1S/C12H12FNO2/c1-7(14-2)11(15)9-4-3-8-5-6-16-12(8)10(9)13/h3-7,14H,1-2H3/t7-/m0/s1. The van der Waals surface area contributed by atoms with Gasteiger partial charge in [-0.05, 0) is 26.1 Å². The molecule has 0 saturated heterocycles. The van der Waals surface area contributed by atoms with Crippen LogP contribution in [0.1, 0.15) is 17.3 Å². The Morgan fingerprint density at radius 2 is 2.19 bits per heavy atom. The number of carbonyl (C=O) groups is 1. The van der Waals surface area contributed by atoms with Gasteiger partial charge in [-0.25, -0.2) is 4.39 Å². The van der Waals surface area contributed by atoms with Gasteiger partial charge in [0.25, 0.3) is 0 Å². The van der Waals surface area contributed by atoms with E-state index in [1.165, 1.54) is 12.3 Å². The van der Waals surface area contributed by atoms with Gasteiger partial charge in [-0.3, -0.25) is 4.79 Å². The van der Waals surface area contributed by atoms with Crippen LogP contribution in [-0.4, -0.2) is 18.9 Å². The van der Waals surface area contributed by atoms with Crippen molar-refractivity contribution >= 4 is 16.8 Å². The molecular weight excluding hydrogens is 209 g/mol. The van der Waals surface area contributed by atoms with E-state index in [0.29, 0.717) is 5.39 Å². The average Bonchev–Trinajstić information content (AvgIpc) is 2.76. The largest absolute Gasteiger partial charge is 0.461 e. The van der Waals surface area contributed by atoms with Crippen LogP contribution >= 0.6 is 0 Å². The van der Waals surface area contributed by atoms with Gasteiger partial charge in [-0.1, -0.05) is 6.07 Å². The number of Topliss-reactive ketones (excluding diaryl/α,β-unsaturated/α-hetero) is 1. The summed E-state index contributed by atoms with van der Waals surface area (Å²) in [5, 5.41) is 3.44. The van der Waals surface area contributed by atoms with Gasteiger partial charge in [0, 0.05) is 5.39 Å². The van der Waals surface area contributed by atoms with E-state index < -0.39 is 11.9 Å². The quantitative estimate of drug-likeness (QED) is 0.809. The minimum absolute atomic E-state index is 0.0595. The Balaban J connectivity index is 2.52. The molecule has 2 rings (SSSR count). The Morgan fingerprint density at radius 1 is 1.44 bits per heavy atom. The van der Waals surface area contributed by atoms with Crippen LogP contribution in [-0.2, 0) is 0 Å². The molecule has 84 valence electrons. The molecule has 0 aliphatic rings. The van der Waals surface area contributed by atoms with Crippen molar-refractivity contribution in [2.24, 2.45) is 0 Å². The Bertz CT molecular complexity index is 533. The van der Waals surface area contributed by atoms with Crippen LogP contribution in [0.15, 0.2) is 28.9 Å². The smallest absolute Gasteiger partial charge is 0.182 e. The molecule has 16 heavy (non-hydrogen) atoms. The van der Waals surface area contributed by atoms with Gasteiger partial charge in [0.15, 0.2) is 17.2 Å². The van der Waals surface area contributed by atoms with Crippen LogP contribution in [0.2, 0.25) is 0 Å². The maximum atomic E-state index is 13.9. The zero-order valence-electron chi connectivity index (χ0n) is 9.08. The number of halogens is 1. The van der Waals surface area contributed by atoms with Crippen molar-refractivity contribution in [1.29, 1.82) is 0 Å². The van der Waals surface area contributed by atoms with Gasteiger partial charge in [0.2, 0.25) is 0 Å². The first-order valence-electron chi connectivity index (χ1n) is 5.02. The van der Waals surface area contributed by atoms with Crippen LogP contribution in [0, 0.1) is 5.82 Å². The third-order valence-electron chi connectivity index (χ3n) is 2.65. The predicted molar refractivity (Wildman–Crippen MR) is 59.0 cm³/mol. The van der Waals surface area contributed by atoms with Gasteiger partial charge in [0.1, 0.15) is 0 Å². The molecule has 4 heteroatoms. The summed E-state index contributed by atoms with van der Waals surface area (Å²) in [7, 11) is 1.66. The Kier molecular flexibility index (Phi) is 2.75. The molecule has 1 aromatic carbocycles. The summed E-state index contributed by atoms with van der Waals surface area (Å²) >= 11 is 0. The molecule has 3 nitrogen and oxygen atoms in total. The SMILES string of the molecule is CN[C@@H](C)C(=O)c1ccc2ccoc2c1F. The monoisotopic (exact) mass is 221 g/mol. The molecule has 0 spiro atoms. The van der Waals surface area contributed by atoms with E-state index in [1.54, 1.807) is 26.1 Å². The first kappa shape index (κ1) is 10.8. The molecule has 0 radical (unpaired) electrons. The van der Waals surface area contributed by atoms with Gasteiger partial charge >= 0.3 is 0 Å². The van der Waals surface area contributed by atoms with Crippen molar-refractivity contribution < 1.29 is 13.6 Å². The highest BCUT2D eigenvalue weighted by molar-refractivity contribution is 6.02. The first-order valence-corrected chi connectivity index (χ1v) is 5.02. The molecule has 1 aromatic heterocycles. The molecule has 0 amide bonds. The highest BCUT2D eigenvalue weighted by Gasteiger charge is 2.20. The zero-order chi connectivity index (χ0) is 11.7. The Labute approximate surface area is 92.2 Å². The van der Waals surface area contributed by atoms with E-state index in [4.69, 9.17) is 4.42 Å². The maximum absolute atomic E-state index is 13.9. The number of carbonyl (C=O) groups excluding carboxylic acids is 1. The van der Waals surface area contributed by atoms with E-state index in [1.807, 2.05) is 0 Å². The molecule has 0 fully saturated rings. The van der Waals surface area contributed by atoms with E-state index in [9.17, 15) is 9.18 Å². The number of hydrogen-bond acceptors (Lipinski definition) is 3. The molecular formula is C12H12FNO2. The molecule has 1 atom stereocenters. The van der Waals surface area contributed by atoms with Crippen LogP contribution in [0.4, 0.5) is 4.39 Å². The zero-order valence-corrected chi connectivity index (χ0v) is 9.08. The van der Waals surface area contributed by atoms with Crippen molar-refractivity contribution in [3.8, 4) is 0 Å². The number of nitrogens with one attached hydrogen (secondary N) is 1. The summed E-state index contributed by atoms with van der Waals surface area (Å²) in [5.74, 6) is -0.868. The first-order chi connectivity index (χ1) is 7.65. The Morgan fingerprint density at radius 3 is 2.88 bits per heavy atom. The lowest BCUT2D eigenvalue weighted by Gasteiger charge is -2.09. The second-order valence-corrected chi connectivity index (χ2v) is 3.64. The lowest BCUT2D eigenvalue weighted by molar-refractivity contribution is 0.0951. The van der Waals surface area contributed by atoms with Gasteiger partial charge in [0.05, 0.1) is 17.9 Å². The van der Waals surface area contributed by atoms with Crippen molar-refractivity contribution in [1.82, 2.24) is 5.32 Å². The van der Waals surface area contributed by atoms with Crippen molar-refractivity contribution in [3.63, 3.8) is 0 Å². The van der Waals surface area contributed by atoms with Crippen LogP contribution in [0.25, 0.3) is 11.0 Å². The fourth-order valence-electron chi connectivity index (χ4n) is 1.55.